The molecule has 2 aliphatic heterocycles. The molecular weight excluding hydrogens is 364 g/mol. The SMILES string of the molecule is O=C(C1CCCN1Cc1ccccc1)N1CCC(C(=O)O)(c2ccccc2)CC1. The molecule has 0 aliphatic carbocycles. The van der Waals surface area contributed by atoms with Crippen molar-refractivity contribution in [3.05, 3.63) is 71.8 Å². The monoisotopic (exact) mass is 392 g/mol. The number of carbonyl (C=O) groups excluding carboxylic acids is 1. The summed E-state index contributed by atoms with van der Waals surface area (Å²) >= 11 is 0. The van der Waals surface area contributed by atoms with Gasteiger partial charge < -0.3 is 10.0 Å². The van der Waals surface area contributed by atoms with Crippen molar-refractivity contribution in [2.24, 2.45) is 0 Å². The lowest BCUT2D eigenvalue weighted by Gasteiger charge is -2.40. The van der Waals surface area contributed by atoms with Crippen molar-refractivity contribution in [3.63, 3.8) is 0 Å². The fourth-order valence-corrected chi connectivity index (χ4v) is 4.82. The molecular formula is C24H28N2O3. The van der Waals surface area contributed by atoms with Gasteiger partial charge >= 0.3 is 5.97 Å². The van der Waals surface area contributed by atoms with E-state index < -0.39 is 11.4 Å². The number of aliphatic carboxylic acids is 1. The number of carboxylic acids is 1. The molecule has 2 fully saturated rings. The van der Waals surface area contributed by atoms with E-state index in [1.807, 2.05) is 53.4 Å². The van der Waals surface area contributed by atoms with Gasteiger partial charge in [0.2, 0.25) is 5.91 Å². The molecule has 29 heavy (non-hydrogen) atoms. The Morgan fingerprint density at radius 3 is 2.17 bits per heavy atom. The molecule has 2 aliphatic rings. The predicted molar refractivity (Wildman–Crippen MR) is 111 cm³/mol. The molecule has 2 heterocycles. The van der Waals surface area contributed by atoms with E-state index >= 15 is 0 Å². The number of piperidine rings is 1. The lowest BCUT2D eigenvalue weighted by atomic mass is 9.72. The Balaban J connectivity index is 1.44. The number of nitrogens with zero attached hydrogens (tertiary/aromatic N) is 2. The van der Waals surface area contributed by atoms with E-state index in [0.717, 1.165) is 31.5 Å². The van der Waals surface area contributed by atoms with Crippen molar-refractivity contribution >= 4 is 11.9 Å². The fourth-order valence-electron chi connectivity index (χ4n) is 4.82. The van der Waals surface area contributed by atoms with Gasteiger partial charge in [-0.1, -0.05) is 60.7 Å². The summed E-state index contributed by atoms with van der Waals surface area (Å²) in [6.07, 6.45) is 2.83. The second kappa shape index (κ2) is 8.37. The Bertz CT molecular complexity index is 845. The van der Waals surface area contributed by atoms with Gasteiger partial charge in [-0.2, -0.15) is 0 Å². The van der Waals surface area contributed by atoms with E-state index in [9.17, 15) is 14.7 Å². The van der Waals surface area contributed by atoms with Crippen molar-refractivity contribution in [2.75, 3.05) is 19.6 Å². The third-order valence-corrected chi connectivity index (χ3v) is 6.54. The maximum absolute atomic E-state index is 13.3. The van der Waals surface area contributed by atoms with Gasteiger partial charge in [-0.25, -0.2) is 0 Å². The first-order valence-electron chi connectivity index (χ1n) is 10.5. The van der Waals surface area contributed by atoms with Crippen LogP contribution in [0.1, 0.15) is 36.8 Å². The van der Waals surface area contributed by atoms with Gasteiger partial charge in [-0.3, -0.25) is 14.5 Å². The third-order valence-electron chi connectivity index (χ3n) is 6.54. The summed E-state index contributed by atoms with van der Waals surface area (Å²) in [5.74, 6) is -0.632. The quantitative estimate of drug-likeness (QED) is 0.848. The van der Waals surface area contributed by atoms with Crippen LogP contribution in [0.15, 0.2) is 60.7 Å². The fraction of sp³-hybridized carbons (Fsp3) is 0.417. The molecule has 152 valence electrons. The Hall–Kier alpha value is -2.66. The van der Waals surface area contributed by atoms with Crippen molar-refractivity contribution in [2.45, 2.75) is 43.7 Å². The van der Waals surface area contributed by atoms with Crippen LogP contribution in [0.3, 0.4) is 0 Å². The summed E-state index contributed by atoms with van der Waals surface area (Å²) < 4.78 is 0. The number of likely N-dealkylation sites (tertiary alicyclic amines) is 2. The van der Waals surface area contributed by atoms with Crippen LogP contribution in [0, 0.1) is 0 Å². The minimum atomic E-state index is -0.891. The maximum atomic E-state index is 13.3. The number of rotatable bonds is 5. The standard InChI is InChI=1S/C24H28N2O3/c27-22(21-12-7-15-26(21)18-19-8-3-1-4-9-19)25-16-13-24(14-17-25,23(28)29)20-10-5-2-6-11-20/h1-6,8-11,21H,7,12-18H2,(H,28,29). The number of benzene rings is 2. The van der Waals surface area contributed by atoms with Crippen LogP contribution < -0.4 is 0 Å². The van der Waals surface area contributed by atoms with E-state index in [2.05, 4.69) is 17.0 Å². The van der Waals surface area contributed by atoms with Gasteiger partial charge in [0, 0.05) is 19.6 Å². The zero-order valence-electron chi connectivity index (χ0n) is 16.7. The maximum Gasteiger partial charge on any atom is 0.314 e. The minimum absolute atomic E-state index is 0.0933. The highest BCUT2D eigenvalue weighted by Crippen LogP contribution is 2.36. The molecule has 2 aromatic carbocycles. The predicted octanol–water partition coefficient (Wildman–Crippen LogP) is 3.30. The van der Waals surface area contributed by atoms with Crippen molar-refractivity contribution in [3.8, 4) is 0 Å². The van der Waals surface area contributed by atoms with E-state index in [1.54, 1.807) is 0 Å². The number of amides is 1. The summed E-state index contributed by atoms with van der Waals surface area (Å²) in [5.41, 5.74) is 1.17. The molecule has 2 saturated heterocycles. The van der Waals surface area contributed by atoms with Gasteiger partial charge in [0.25, 0.3) is 0 Å². The van der Waals surface area contributed by atoms with Crippen molar-refractivity contribution < 1.29 is 14.7 Å². The number of carbonyl (C=O) groups is 2. The molecule has 0 aromatic heterocycles. The average molecular weight is 392 g/mol. The van der Waals surface area contributed by atoms with Crippen LogP contribution in [0.25, 0.3) is 0 Å². The smallest absolute Gasteiger partial charge is 0.314 e. The second-order valence-corrected chi connectivity index (χ2v) is 8.19. The van der Waals surface area contributed by atoms with Crippen LogP contribution in [-0.4, -0.2) is 52.5 Å². The number of hydrogen-bond donors (Lipinski definition) is 1. The van der Waals surface area contributed by atoms with Crippen LogP contribution in [0.5, 0.6) is 0 Å². The first-order chi connectivity index (χ1) is 14.1. The van der Waals surface area contributed by atoms with Gasteiger partial charge in [-0.15, -0.1) is 0 Å². The summed E-state index contributed by atoms with van der Waals surface area (Å²) in [5, 5.41) is 9.97. The molecule has 0 bridgehead atoms. The molecule has 1 N–H and O–H groups in total. The third kappa shape index (κ3) is 3.92. The highest BCUT2D eigenvalue weighted by Gasteiger charge is 2.45. The molecule has 2 aromatic rings. The molecule has 0 saturated carbocycles. The van der Waals surface area contributed by atoms with Crippen LogP contribution in [-0.2, 0) is 21.5 Å². The lowest BCUT2D eigenvalue weighted by molar-refractivity contribution is -0.149. The highest BCUT2D eigenvalue weighted by atomic mass is 16.4. The zero-order valence-corrected chi connectivity index (χ0v) is 16.7. The van der Waals surface area contributed by atoms with E-state index in [1.165, 1.54) is 5.56 Å². The first-order valence-corrected chi connectivity index (χ1v) is 10.5. The average Bonchev–Trinajstić information content (AvgIpc) is 3.22. The van der Waals surface area contributed by atoms with Crippen molar-refractivity contribution in [1.29, 1.82) is 0 Å². The van der Waals surface area contributed by atoms with E-state index in [0.29, 0.717) is 25.9 Å². The number of hydrogen-bond acceptors (Lipinski definition) is 3. The van der Waals surface area contributed by atoms with E-state index in [4.69, 9.17) is 0 Å². The van der Waals surface area contributed by atoms with Crippen molar-refractivity contribution in [1.82, 2.24) is 9.80 Å². The topological polar surface area (TPSA) is 60.9 Å². The minimum Gasteiger partial charge on any atom is -0.481 e. The Morgan fingerprint density at radius 2 is 1.55 bits per heavy atom. The Kier molecular flexibility index (Phi) is 5.67. The Morgan fingerprint density at radius 1 is 0.931 bits per heavy atom. The van der Waals surface area contributed by atoms with Gasteiger partial charge in [0.1, 0.15) is 0 Å². The molecule has 1 atom stereocenters. The molecule has 0 spiro atoms. The van der Waals surface area contributed by atoms with Gasteiger partial charge in [-0.05, 0) is 43.4 Å². The first kappa shape index (κ1) is 19.6. The Labute approximate surface area is 171 Å². The normalized spacial score (nSPS) is 21.8. The van der Waals surface area contributed by atoms with Crippen LogP contribution in [0.4, 0.5) is 0 Å². The summed E-state index contributed by atoms with van der Waals surface area (Å²) in [6, 6.07) is 19.6. The zero-order chi connectivity index (χ0) is 20.3. The molecule has 5 nitrogen and oxygen atoms in total. The second-order valence-electron chi connectivity index (χ2n) is 8.19. The molecule has 0 radical (unpaired) electrons. The molecule has 4 rings (SSSR count). The van der Waals surface area contributed by atoms with Gasteiger partial charge in [0.05, 0.1) is 11.5 Å². The van der Waals surface area contributed by atoms with E-state index in [-0.39, 0.29) is 11.9 Å². The molecule has 1 unspecified atom stereocenters. The largest absolute Gasteiger partial charge is 0.481 e. The summed E-state index contributed by atoms with van der Waals surface area (Å²) in [7, 11) is 0. The van der Waals surface area contributed by atoms with Crippen LogP contribution in [0.2, 0.25) is 0 Å². The van der Waals surface area contributed by atoms with Crippen LogP contribution >= 0.6 is 0 Å². The number of carboxylic acid groups (broad SMARTS) is 1. The van der Waals surface area contributed by atoms with Gasteiger partial charge in [0.15, 0.2) is 0 Å². The molecule has 1 amide bonds. The molecule has 5 heteroatoms. The highest BCUT2D eigenvalue weighted by molar-refractivity contribution is 5.84. The summed E-state index contributed by atoms with van der Waals surface area (Å²) in [6.45, 7) is 2.71. The lowest BCUT2D eigenvalue weighted by Crippen LogP contribution is -2.53. The summed E-state index contributed by atoms with van der Waals surface area (Å²) in [4.78, 5) is 29.6.